The van der Waals surface area contributed by atoms with Gasteiger partial charge in [-0.2, -0.15) is 0 Å². The van der Waals surface area contributed by atoms with Crippen molar-refractivity contribution in [1.29, 1.82) is 0 Å². The largest absolute Gasteiger partial charge is 0.478 e. The maximum absolute atomic E-state index is 13.4. The number of fused-ring (bicyclic) bond motifs is 3. The molecule has 0 amide bonds. The van der Waals surface area contributed by atoms with Gasteiger partial charge in [0, 0.05) is 31.4 Å². The van der Waals surface area contributed by atoms with Gasteiger partial charge in [-0.05, 0) is 68.7 Å². The number of hydrogen-bond acceptors (Lipinski definition) is 5. The van der Waals surface area contributed by atoms with E-state index in [2.05, 4.69) is 67.0 Å². The van der Waals surface area contributed by atoms with E-state index in [-0.39, 0.29) is 11.8 Å². The summed E-state index contributed by atoms with van der Waals surface area (Å²) in [6.45, 7) is 11.5. The first-order valence-electron chi connectivity index (χ1n) is 12.4. The molecule has 0 aliphatic carbocycles. The first-order chi connectivity index (χ1) is 17.0. The third kappa shape index (κ3) is 4.32. The van der Waals surface area contributed by atoms with Crippen molar-refractivity contribution in [2.24, 2.45) is 0 Å². The van der Waals surface area contributed by atoms with E-state index in [0.29, 0.717) is 30.3 Å². The van der Waals surface area contributed by atoms with Crippen LogP contribution in [0.3, 0.4) is 0 Å². The van der Waals surface area contributed by atoms with Crippen LogP contribution in [0, 0.1) is 6.92 Å². The molecule has 2 aliphatic heterocycles. The van der Waals surface area contributed by atoms with E-state index in [1.165, 1.54) is 11.3 Å². The lowest BCUT2D eigenvalue weighted by Crippen LogP contribution is -2.34. The van der Waals surface area contributed by atoms with Crippen molar-refractivity contribution >= 4 is 17.5 Å². The zero-order valence-electron chi connectivity index (χ0n) is 20.9. The van der Waals surface area contributed by atoms with Crippen LogP contribution in [-0.4, -0.2) is 30.5 Å². The van der Waals surface area contributed by atoms with Crippen molar-refractivity contribution in [2.45, 2.75) is 40.3 Å². The van der Waals surface area contributed by atoms with Crippen molar-refractivity contribution in [1.82, 2.24) is 4.90 Å². The van der Waals surface area contributed by atoms with Crippen molar-refractivity contribution in [2.75, 3.05) is 24.7 Å². The molecule has 0 fully saturated rings. The molecule has 1 unspecified atom stereocenters. The van der Waals surface area contributed by atoms with Crippen LogP contribution in [0.1, 0.15) is 59.4 Å². The van der Waals surface area contributed by atoms with E-state index in [4.69, 9.17) is 9.47 Å². The minimum atomic E-state index is -0.0682. The SMILES string of the molecule is CCN(CC)c1ccc(/C=C2\Oc3c4c(cc(C)c3C2=O)OCN(C(C)c2ccccc2)C4)cc1. The number of Topliss-reactive ketones (excluding diaryl/α,β-unsaturated/α-hetero) is 1. The van der Waals surface area contributed by atoms with Crippen LogP contribution in [0.15, 0.2) is 66.4 Å². The van der Waals surface area contributed by atoms with Crippen LogP contribution in [0.25, 0.3) is 6.08 Å². The minimum Gasteiger partial charge on any atom is -0.478 e. The number of ether oxygens (including phenoxy) is 2. The highest BCUT2D eigenvalue weighted by atomic mass is 16.5. The van der Waals surface area contributed by atoms with Crippen molar-refractivity contribution in [3.05, 3.63) is 94.2 Å². The zero-order valence-corrected chi connectivity index (χ0v) is 20.9. The molecule has 2 heterocycles. The van der Waals surface area contributed by atoms with Crippen LogP contribution in [0.4, 0.5) is 5.69 Å². The van der Waals surface area contributed by atoms with Gasteiger partial charge in [-0.25, -0.2) is 0 Å². The highest BCUT2D eigenvalue weighted by molar-refractivity contribution is 6.15. The zero-order chi connectivity index (χ0) is 24.5. The number of hydrogen-bond donors (Lipinski definition) is 0. The molecule has 5 nitrogen and oxygen atoms in total. The molecule has 180 valence electrons. The minimum absolute atomic E-state index is 0.0682. The number of carbonyl (C=O) groups is 1. The molecule has 5 heteroatoms. The number of rotatable bonds is 6. The number of nitrogens with zero attached hydrogens (tertiary/aromatic N) is 2. The molecule has 2 aliphatic rings. The molecule has 0 N–H and O–H groups in total. The summed E-state index contributed by atoms with van der Waals surface area (Å²) in [5.41, 5.74) is 5.82. The molecule has 0 bridgehead atoms. The Bertz CT molecular complexity index is 1260. The van der Waals surface area contributed by atoms with Crippen molar-refractivity contribution in [3.63, 3.8) is 0 Å². The Morgan fingerprint density at radius 1 is 1.06 bits per heavy atom. The highest BCUT2D eigenvalue weighted by Gasteiger charge is 2.36. The highest BCUT2D eigenvalue weighted by Crippen LogP contribution is 2.45. The Morgan fingerprint density at radius 2 is 1.77 bits per heavy atom. The second-order valence-corrected chi connectivity index (χ2v) is 9.18. The lowest BCUT2D eigenvalue weighted by atomic mass is 9.98. The van der Waals surface area contributed by atoms with Gasteiger partial charge < -0.3 is 14.4 Å². The van der Waals surface area contributed by atoms with Gasteiger partial charge in [0.15, 0.2) is 5.76 Å². The van der Waals surface area contributed by atoms with E-state index >= 15 is 0 Å². The summed E-state index contributed by atoms with van der Waals surface area (Å²) < 4.78 is 12.4. The lowest BCUT2D eigenvalue weighted by Gasteiger charge is -2.34. The van der Waals surface area contributed by atoms with Crippen LogP contribution >= 0.6 is 0 Å². The Kier molecular flexibility index (Phi) is 6.35. The van der Waals surface area contributed by atoms with Gasteiger partial charge in [0.2, 0.25) is 5.78 Å². The Morgan fingerprint density at radius 3 is 2.46 bits per heavy atom. The molecular weight excluding hydrogens is 436 g/mol. The van der Waals surface area contributed by atoms with Gasteiger partial charge in [-0.15, -0.1) is 0 Å². The van der Waals surface area contributed by atoms with E-state index in [1.54, 1.807) is 0 Å². The fourth-order valence-electron chi connectivity index (χ4n) is 4.96. The predicted molar refractivity (Wildman–Crippen MR) is 140 cm³/mol. The summed E-state index contributed by atoms with van der Waals surface area (Å²) in [4.78, 5) is 17.9. The molecule has 3 aromatic rings. The van der Waals surface area contributed by atoms with Crippen LogP contribution < -0.4 is 14.4 Å². The van der Waals surface area contributed by atoms with Crippen molar-refractivity contribution < 1.29 is 14.3 Å². The topological polar surface area (TPSA) is 42.0 Å². The molecule has 0 radical (unpaired) electrons. The quantitative estimate of drug-likeness (QED) is 0.393. The molecule has 0 saturated heterocycles. The third-order valence-corrected chi connectivity index (χ3v) is 7.10. The fourth-order valence-corrected chi connectivity index (χ4v) is 4.96. The first-order valence-corrected chi connectivity index (χ1v) is 12.4. The van der Waals surface area contributed by atoms with Gasteiger partial charge in [0.05, 0.1) is 11.1 Å². The van der Waals surface area contributed by atoms with Crippen LogP contribution in [-0.2, 0) is 6.54 Å². The number of benzene rings is 3. The number of aryl methyl sites for hydroxylation is 1. The van der Waals surface area contributed by atoms with E-state index in [0.717, 1.165) is 35.5 Å². The fraction of sp³-hybridized carbons (Fsp3) is 0.300. The molecule has 1 atom stereocenters. The maximum atomic E-state index is 13.4. The molecule has 5 rings (SSSR count). The van der Waals surface area contributed by atoms with Crippen molar-refractivity contribution in [3.8, 4) is 11.5 Å². The molecule has 0 aromatic heterocycles. The first kappa shape index (κ1) is 23.2. The summed E-state index contributed by atoms with van der Waals surface area (Å²) in [6, 6.07) is 20.8. The van der Waals surface area contributed by atoms with E-state index < -0.39 is 0 Å². The normalized spacial score (nSPS) is 16.9. The average Bonchev–Trinajstić information content (AvgIpc) is 3.22. The van der Waals surface area contributed by atoms with Gasteiger partial charge >= 0.3 is 0 Å². The Balaban J connectivity index is 1.43. The summed E-state index contributed by atoms with van der Waals surface area (Å²) in [7, 11) is 0. The summed E-state index contributed by atoms with van der Waals surface area (Å²) in [5.74, 6) is 1.73. The van der Waals surface area contributed by atoms with Gasteiger partial charge in [0.1, 0.15) is 18.2 Å². The monoisotopic (exact) mass is 468 g/mol. The number of carbonyl (C=O) groups excluding carboxylic acids is 1. The predicted octanol–water partition coefficient (Wildman–Crippen LogP) is 6.37. The van der Waals surface area contributed by atoms with Crippen LogP contribution in [0.2, 0.25) is 0 Å². The van der Waals surface area contributed by atoms with Gasteiger partial charge in [-0.1, -0.05) is 42.5 Å². The van der Waals surface area contributed by atoms with E-state index in [9.17, 15) is 4.79 Å². The number of anilines is 1. The molecule has 0 saturated carbocycles. The third-order valence-electron chi connectivity index (χ3n) is 7.10. The summed E-state index contributed by atoms with van der Waals surface area (Å²) in [5, 5.41) is 0. The molecule has 0 spiro atoms. The maximum Gasteiger partial charge on any atom is 0.232 e. The Hall–Kier alpha value is -3.57. The Labute approximate surface area is 207 Å². The number of allylic oxidation sites excluding steroid dienone is 1. The van der Waals surface area contributed by atoms with Gasteiger partial charge in [0.25, 0.3) is 0 Å². The second kappa shape index (κ2) is 9.59. The average molecular weight is 469 g/mol. The van der Waals surface area contributed by atoms with Crippen LogP contribution in [0.5, 0.6) is 11.5 Å². The molecule has 35 heavy (non-hydrogen) atoms. The second-order valence-electron chi connectivity index (χ2n) is 9.18. The summed E-state index contributed by atoms with van der Waals surface area (Å²) >= 11 is 0. The lowest BCUT2D eigenvalue weighted by molar-refractivity contribution is 0.0605. The van der Waals surface area contributed by atoms with Gasteiger partial charge in [-0.3, -0.25) is 9.69 Å². The molecular formula is C30H32N2O3. The standard InChI is InChI=1S/C30H32N2O3/c1-5-31(6-2)24-14-12-22(13-15-24)17-27-29(33)28-20(3)16-26-25(30(28)35-27)18-32(19-34-26)21(4)23-10-8-7-9-11-23/h7-17,21H,5-6,18-19H2,1-4H3/b27-17-. The smallest absolute Gasteiger partial charge is 0.232 e. The summed E-state index contributed by atoms with van der Waals surface area (Å²) in [6.07, 6.45) is 1.84. The molecule has 3 aromatic carbocycles. The van der Waals surface area contributed by atoms with E-state index in [1.807, 2.05) is 37.3 Å². The number of ketones is 1.